The molecule has 0 aliphatic rings. The van der Waals surface area contributed by atoms with Gasteiger partial charge in [-0.05, 0) is 0 Å². The van der Waals surface area contributed by atoms with E-state index in [1.165, 1.54) is 4.90 Å². The molecule has 0 aromatic carbocycles. The van der Waals surface area contributed by atoms with Gasteiger partial charge in [0.25, 0.3) is 0 Å². The predicted molar refractivity (Wildman–Crippen MR) is 71.1 cm³/mol. The lowest BCUT2D eigenvalue weighted by molar-refractivity contribution is -0.126. The molecule has 1 aromatic rings. The van der Waals surface area contributed by atoms with E-state index in [9.17, 15) is 4.79 Å². The minimum Gasteiger partial charge on any atom is -0.361 e. The minimum atomic E-state index is -0.0260. The lowest BCUT2D eigenvalue weighted by Gasteiger charge is -2.13. The maximum Gasteiger partial charge on any atom is 0.241 e. The second-order valence-corrected chi connectivity index (χ2v) is 4.44. The number of amides is 1. The highest BCUT2D eigenvalue weighted by molar-refractivity contribution is 5.80. The van der Waals surface area contributed by atoms with E-state index in [1.807, 2.05) is 13.8 Å². The van der Waals surface area contributed by atoms with Gasteiger partial charge in [0.1, 0.15) is 17.5 Å². The highest BCUT2D eigenvalue weighted by Gasteiger charge is 2.09. The van der Waals surface area contributed by atoms with Gasteiger partial charge in [0.2, 0.25) is 5.91 Å². The van der Waals surface area contributed by atoms with Gasteiger partial charge in [-0.25, -0.2) is 15.8 Å². The zero-order chi connectivity index (χ0) is 13.7. The lowest BCUT2D eigenvalue weighted by atomic mass is 10.2. The molecule has 0 saturated heterocycles. The second kappa shape index (κ2) is 6.15. The highest BCUT2D eigenvalue weighted by Crippen LogP contribution is 2.16. The van der Waals surface area contributed by atoms with Crippen molar-refractivity contribution in [1.29, 1.82) is 0 Å². The topological polar surface area (TPSA) is 96.2 Å². The third-order valence-corrected chi connectivity index (χ3v) is 2.33. The first-order valence-electron chi connectivity index (χ1n) is 5.73. The standard InChI is InChI=1S/C11H20N6O/c1-7(2)11-14-8(5-9(15-11)16-12)13-6-10(18)17(3)4/h5,7H,6,12H2,1-4H3,(H2,13,14,15,16). The van der Waals surface area contributed by atoms with Crippen LogP contribution in [0.15, 0.2) is 6.07 Å². The van der Waals surface area contributed by atoms with E-state index in [2.05, 4.69) is 20.7 Å². The molecule has 1 rings (SSSR count). The second-order valence-electron chi connectivity index (χ2n) is 4.44. The molecule has 0 unspecified atom stereocenters. The van der Waals surface area contributed by atoms with Gasteiger partial charge in [-0.3, -0.25) is 4.79 Å². The number of aromatic nitrogens is 2. The summed E-state index contributed by atoms with van der Waals surface area (Å²) in [6.07, 6.45) is 0. The normalized spacial score (nSPS) is 10.3. The van der Waals surface area contributed by atoms with Crippen molar-refractivity contribution in [2.45, 2.75) is 19.8 Å². The Morgan fingerprint density at radius 3 is 2.50 bits per heavy atom. The Morgan fingerprint density at radius 2 is 2.00 bits per heavy atom. The van der Waals surface area contributed by atoms with Crippen LogP contribution in [-0.2, 0) is 4.79 Å². The summed E-state index contributed by atoms with van der Waals surface area (Å²) in [7, 11) is 3.41. The van der Waals surface area contributed by atoms with E-state index < -0.39 is 0 Å². The summed E-state index contributed by atoms with van der Waals surface area (Å²) in [6.45, 7) is 4.17. The molecule has 0 saturated carbocycles. The van der Waals surface area contributed by atoms with Gasteiger partial charge in [0, 0.05) is 26.1 Å². The molecular weight excluding hydrogens is 232 g/mol. The van der Waals surface area contributed by atoms with Crippen LogP contribution in [0.3, 0.4) is 0 Å². The van der Waals surface area contributed by atoms with Gasteiger partial charge in [-0.15, -0.1) is 0 Å². The largest absolute Gasteiger partial charge is 0.361 e. The van der Waals surface area contributed by atoms with Gasteiger partial charge in [-0.2, -0.15) is 0 Å². The lowest BCUT2D eigenvalue weighted by Crippen LogP contribution is -2.29. The number of nitrogen functional groups attached to an aromatic ring is 1. The van der Waals surface area contributed by atoms with Crippen molar-refractivity contribution >= 4 is 17.5 Å². The number of rotatable bonds is 5. The molecule has 1 amide bonds. The van der Waals surface area contributed by atoms with Crippen molar-refractivity contribution in [1.82, 2.24) is 14.9 Å². The van der Waals surface area contributed by atoms with Crippen molar-refractivity contribution in [3.05, 3.63) is 11.9 Å². The molecule has 0 atom stereocenters. The van der Waals surface area contributed by atoms with Crippen LogP contribution >= 0.6 is 0 Å². The summed E-state index contributed by atoms with van der Waals surface area (Å²) in [5.74, 6) is 7.28. The molecule has 0 aliphatic heterocycles. The average molecular weight is 252 g/mol. The minimum absolute atomic E-state index is 0.0260. The van der Waals surface area contributed by atoms with Crippen molar-refractivity contribution < 1.29 is 4.79 Å². The number of hydrogen-bond acceptors (Lipinski definition) is 6. The first kappa shape index (κ1) is 14.2. The van der Waals surface area contributed by atoms with Gasteiger partial charge in [-0.1, -0.05) is 13.8 Å². The molecule has 0 fully saturated rings. The van der Waals surface area contributed by atoms with Gasteiger partial charge in [0.05, 0.1) is 6.54 Å². The van der Waals surface area contributed by atoms with Crippen LogP contribution in [0.2, 0.25) is 0 Å². The molecule has 100 valence electrons. The van der Waals surface area contributed by atoms with Gasteiger partial charge >= 0.3 is 0 Å². The van der Waals surface area contributed by atoms with Crippen molar-refractivity contribution in [2.24, 2.45) is 5.84 Å². The zero-order valence-corrected chi connectivity index (χ0v) is 11.2. The Balaban J connectivity index is 2.81. The van der Waals surface area contributed by atoms with Crippen LogP contribution in [0.4, 0.5) is 11.6 Å². The van der Waals surface area contributed by atoms with Gasteiger partial charge < -0.3 is 15.6 Å². The molecule has 1 heterocycles. The molecule has 7 heteroatoms. The van der Waals surface area contributed by atoms with E-state index in [0.717, 1.165) is 0 Å². The number of likely N-dealkylation sites (N-methyl/N-ethyl adjacent to an activating group) is 1. The Bertz CT molecular complexity index is 418. The van der Waals surface area contributed by atoms with Gasteiger partial charge in [0.15, 0.2) is 0 Å². The van der Waals surface area contributed by atoms with Crippen LogP contribution in [0.1, 0.15) is 25.6 Å². The number of nitrogens with two attached hydrogens (primary N) is 1. The Hall–Kier alpha value is -1.89. The Labute approximate surface area is 107 Å². The Morgan fingerprint density at radius 1 is 1.39 bits per heavy atom. The SMILES string of the molecule is CC(C)c1nc(NN)cc(NCC(=O)N(C)C)n1. The number of nitrogens with one attached hydrogen (secondary N) is 2. The Kier molecular flexibility index (Phi) is 4.85. The smallest absolute Gasteiger partial charge is 0.241 e. The first-order valence-corrected chi connectivity index (χ1v) is 5.73. The summed E-state index contributed by atoms with van der Waals surface area (Å²) in [5.41, 5.74) is 2.49. The molecular formula is C11H20N6O. The van der Waals surface area contributed by atoms with Crippen LogP contribution in [-0.4, -0.2) is 41.4 Å². The van der Waals surface area contributed by atoms with E-state index in [4.69, 9.17) is 5.84 Å². The van der Waals surface area contributed by atoms with Crippen LogP contribution in [0.5, 0.6) is 0 Å². The first-order chi connectivity index (χ1) is 8.43. The molecule has 1 aromatic heterocycles. The summed E-state index contributed by atoms with van der Waals surface area (Å²) >= 11 is 0. The highest BCUT2D eigenvalue weighted by atomic mass is 16.2. The van der Waals surface area contributed by atoms with Crippen molar-refractivity contribution in [3.63, 3.8) is 0 Å². The quantitative estimate of drug-likeness (QED) is 0.518. The number of hydrazine groups is 1. The fraction of sp³-hybridized carbons (Fsp3) is 0.545. The molecule has 7 nitrogen and oxygen atoms in total. The number of nitrogens with zero attached hydrogens (tertiary/aromatic N) is 3. The molecule has 18 heavy (non-hydrogen) atoms. The monoisotopic (exact) mass is 252 g/mol. The van der Waals surface area contributed by atoms with Crippen LogP contribution in [0, 0.1) is 0 Å². The number of hydrogen-bond donors (Lipinski definition) is 3. The fourth-order valence-corrected chi connectivity index (χ4v) is 1.21. The molecule has 0 aliphatic carbocycles. The molecule has 0 spiro atoms. The van der Waals surface area contributed by atoms with E-state index in [1.54, 1.807) is 20.2 Å². The van der Waals surface area contributed by atoms with E-state index >= 15 is 0 Å². The number of carbonyl (C=O) groups is 1. The van der Waals surface area contributed by atoms with Crippen molar-refractivity contribution in [2.75, 3.05) is 31.4 Å². The number of carbonyl (C=O) groups excluding carboxylic acids is 1. The third kappa shape index (κ3) is 3.85. The zero-order valence-electron chi connectivity index (χ0n) is 11.2. The summed E-state index contributed by atoms with van der Waals surface area (Å²) in [4.78, 5) is 21.5. The summed E-state index contributed by atoms with van der Waals surface area (Å²) < 4.78 is 0. The summed E-state index contributed by atoms with van der Waals surface area (Å²) in [6, 6.07) is 1.66. The third-order valence-electron chi connectivity index (χ3n) is 2.33. The van der Waals surface area contributed by atoms with E-state index in [-0.39, 0.29) is 18.4 Å². The number of anilines is 2. The van der Waals surface area contributed by atoms with Crippen molar-refractivity contribution in [3.8, 4) is 0 Å². The maximum absolute atomic E-state index is 11.5. The fourth-order valence-electron chi connectivity index (χ4n) is 1.21. The maximum atomic E-state index is 11.5. The predicted octanol–water partition coefficient (Wildman–Crippen LogP) is 0.386. The summed E-state index contributed by atoms with van der Waals surface area (Å²) in [5, 5.41) is 2.96. The molecule has 4 N–H and O–H groups in total. The van der Waals surface area contributed by atoms with Crippen LogP contribution in [0.25, 0.3) is 0 Å². The van der Waals surface area contributed by atoms with Crippen LogP contribution < -0.4 is 16.6 Å². The molecule has 0 radical (unpaired) electrons. The molecule has 0 bridgehead atoms. The van der Waals surface area contributed by atoms with E-state index in [0.29, 0.717) is 17.5 Å². The average Bonchev–Trinajstić information content (AvgIpc) is 2.35.